The normalized spacial score (nSPS) is 9.74. The van der Waals surface area contributed by atoms with Gasteiger partial charge < -0.3 is 34.3 Å². The quantitative estimate of drug-likeness (QED) is 0.396. The van der Waals surface area contributed by atoms with E-state index in [1.54, 1.807) is 0 Å². The molecule has 0 N–H and O–H groups in total. The summed E-state index contributed by atoms with van der Waals surface area (Å²) in [6, 6.07) is 18.2. The molecule has 31 heavy (non-hydrogen) atoms. The number of benzene rings is 3. The third-order valence-corrected chi connectivity index (χ3v) is 4.87. The van der Waals surface area contributed by atoms with Crippen LogP contribution in [0.15, 0.2) is 42.5 Å². The number of hydrogen-bond donors (Lipinski definition) is 0. The summed E-state index contributed by atoms with van der Waals surface area (Å²) in [6.45, 7) is 13.6. The van der Waals surface area contributed by atoms with Crippen LogP contribution in [0.3, 0.4) is 0 Å². The molecule has 0 bridgehead atoms. The van der Waals surface area contributed by atoms with Gasteiger partial charge in [-0.15, -0.1) is 0 Å². The smallest absolute Gasteiger partial charge is 0.125 e. The van der Waals surface area contributed by atoms with E-state index in [1.807, 2.05) is 18.2 Å². The zero-order valence-corrected chi connectivity index (χ0v) is 23.0. The summed E-state index contributed by atoms with van der Waals surface area (Å²) in [7, 11) is 0. The molecule has 0 atom stereocenters. The fraction of sp³-hybridized carbons (Fsp3) is 0.308. The molecule has 2 nitrogen and oxygen atoms in total. The third-order valence-electron chi connectivity index (χ3n) is 4.87. The molecule has 0 unspecified atom stereocenters. The molecule has 4 radical (unpaired) electrons. The molecule has 0 saturated heterocycles. The van der Waals surface area contributed by atoms with Gasteiger partial charge in [-0.1, -0.05) is 53.6 Å². The number of ether oxygens (including phenoxy) is 2. The second kappa shape index (κ2) is 13.3. The van der Waals surface area contributed by atoms with Crippen LogP contribution >= 0.6 is 0 Å². The Balaban J connectivity index is 0.00000300. The Bertz CT molecular complexity index is 880. The van der Waals surface area contributed by atoms with Crippen molar-refractivity contribution < 1.29 is 34.3 Å². The topological polar surface area (TPSA) is 18.5 Å². The molecule has 0 heterocycles. The average molecular weight is 566 g/mol. The number of hydrogen-bond acceptors (Lipinski definition) is 2. The predicted molar refractivity (Wildman–Crippen MR) is 121 cm³/mol. The average Bonchev–Trinajstić information content (AvgIpc) is 2.60. The van der Waals surface area contributed by atoms with Crippen molar-refractivity contribution in [3.63, 3.8) is 0 Å². The van der Waals surface area contributed by atoms with Gasteiger partial charge in [-0.25, -0.2) is 0 Å². The van der Waals surface area contributed by atoms with Gasteiger partial charge in [0, 0.05) is 24.4 Å². The third kappa shape index (κ3) is 7.94. The Hall–Kier alpha value is -1.34. The molecule has 0 aliphatic carbocycles. The maximum atomic E-state index is 6.11. The van der Waals surface area contributed by atoms with E-state index in [4.69, 9.17) is 9.47 Å². The predicted octanol–water partition coefficient (Wildman–Crippen LogP) is 0.123. The zero-order chi connectivity index (χ0) is 20.3. The van der Waals surface area contributed by atoms with Crippen LogP contribution in [-0.2, 0) is 13.2 Å². The number of rotatable bonds is 6. The van der Waals surface area contributed by atoms with Gasteiger partial charge in [0.1, 0.15) is 24.7 Å². The maximum absolute atomic E-state index is 6.11. The van der Waals surface area contributed by atoms with Crippen molar-refractivity contribution in [1.82, 2.24) is 0 Å². The molecule has 0 fully saturated rings. The van der Waals surface area contributed by atoms with Gasteiger partial charge in [-0.3, -0.25) is 0 Å². The van der Waals surface area contributed by atoms with Gasteiger partial charge in [0.15, 0.2) is 0 Å². The summed E-state index contributed by atoms with van der Waals surface area (Å²) in [5.41, 5.74) is 9.24. The summed E-state index contributed by atoms with van der Waals surface area (Å²) in [5.74, 6) is 1.93. The first-order valence-electron chi connectivity index (χ1n) is 9.75. The molecule has 0 amide bonds. The molecule has 166 valence electrons. The minimum absolute atomic E-state index is 0. The van der Waals surface area contributed by atoms with Crippen LogP contribution in [0.1, 0.15) is 44.5 Å². The first kappa shape index (κ1) is 29.7. The maximum Gasteiger partial charge on any atom is 0.125 e. The van der Waals surface area contributed by atoms with Gasteiger partial charge in [0.2, 0.25) is 0 Å². The molecule has 0 aromatic heterocycles. The van der Waals surface area contributed by atoms with Crippen LogP contribution in [0.4, 0.5) is 0 Å². The van der Waals surface area contributed by atoms with Crippen molar-refractivity contribution in [2.75, 3.05) is 0 Å². The van der Waals surface area contributed by atoms with Crippen LogP contribution < -0.4 is 34.3 Å². The molecule has 3 rings (SSSR count). The van der Waals surface area contributed by atoms with Gasteiger partial charge >= 0.3 is 0 Å². The van der Waals surface area contributed by atoms with E-state index in [2.05, 4.69) is 71.9 Å². The van der Waals surface area contributed by atoms with Gasteiger partial charge in [0.25, 0.3) is 0 Å². The minimum atomic E-state index is 0. The SMILES string of the molecule is Cc1cc(C)c(OCc2[c]c(COc3c(C)cc(C)cc3C)ccc2)c(C)c1.[Cl-].[Cl-].[Sb]. The molecule has 3 aromatic rings. The fourth-order valence-electron chi connectivity index (χ4n) is 3.83. The van der Waals surface area contributed by atoms with Crippen molar-refractivity contribution in [2.45, 2.75) is 54.8 Å². The molecular weight excluding hydrogens is 537 g/mol. The number of halogens is 2. The summed E-state index contributed by atoms with van der Waals surface area (Å²) in [4.78, 5) is 0. The monoisotopic (exact) mass is 564 g/mol. The standard InChI is InChI=1S/C26H29O2.2ClH.Sb/c1-17-10-19(3)25(20(4)11-17)27-15-23-8-7-9-24(14-23)16-28-26-21(5)12-18(2)13-22(26)6;;;/h7-13H,15-16H2,1-6H3;2*1H;/p-2. The van der Waals surface area contributed by atoms with Gasteiger partial charge in [-0.05, 0) is 81.0 Å². The molecule has 3 aromatic carbocycles. The minimum Gasteiger partial charge on any atom is -1.00 e. The number of aryl methyl sites for hydroxylation is 6. The second-order valence-electron chi connectivity index (χ2n) is 7.73. The van der Waals surface area contributed by atoms with Crippen LogP contribution in [0, 0.1) is 47.6 Å². The van der Waals surface area contributed by atoms with Crippen molar-refractivity contribution in [3.05, 3.63) is 93.0 Å². The van der Waals surface area contributed by atoms with Crippen LogP contribution in [0.5, 0.6) is 11.5 Å². The molecular formula is C26H29Cl2O2Sb-2. The van der Waals surface area contributed by atoms with E-state index in [1.165, 1.54) is 33.4 Å². The zero-order valence-electron chi connectivity index (χ0n) is 19.0. The first-order chi connectivity index (χ1) is 13.3. The Morgan fingerprint density at radius 3 is 1.26 bits per heavy atom. The van der Waals surface area contributed by atoms with Crippen molar-refractivity contribution >= 4 is 24.4 Å². The fourth-order valence-corrected chi connectivity index (χ4v) is 3.83. The largest absolute Gasteiger partial charge is 1.00 e. The van der Waals surface area contributed by atoms with Crippen LogP contribution in [-0.4, -0.2) is 24.4 Å². The van der Waals surface area contributed by atoms with Crippen molar-refractivity contribution in [1.29, 1.82) is 0 Å². The van der Waals surface area contributed by atoms with E-state index in [9.17, 15) is 0 Å². The summed E-state index contributed by atoms with van der Waals surface area (Å²) in [6.07, 6.45) is 0. The Morgan fingerprint density at radius 1 is 0.613 bits per heavy atom. The molecule has 5 heteroatoms. The summed E-state index contributed by atoms with van der Waals surface area (Å²) >= 11 is 0. The van der Waals surface area contributed by atoms with Gasteiger partial charge in [-0.2, -0.15) is 0 Å². The van der Waals surface area contributed by atoms with E-state index >= 15 is 0 Å². The molecule has 0 aliphatic heterocycles. The van der Waals surface area contributed by atoms with Crippen LogP contribution in [0.25, 0.3) is 0 Å². The first-order valence-corrected chi connectivity index (χ1v) is 9.75. The Kier molecular flexibility index (Phi) is 12.7. The van der Waals surface area contributed by atoms with E-state index in [-0.39, 0.29) is 49.2 Å². The van der Waals surface area contributed by atoms with E-state index < -0.39 is 0 Å². The second-order valence-corrected chi connectivity index (χ2v) is 7.73. The Morgan fingerprint density at radius 2 is 0.935 bits per heavy atom. The molecule has 0 spiro atoms. The van der Waals surface area contributed by atoms with Crippen molar-refractivity contribution in [3.8, 4) is 11.5 Å². The van der Waals surface area contributed by atoms with E-state index in [0.717, 1.165) is 22.6 Å². The van der Waals surface area contributed by atoms with Gasteiger partial charge in [0.05, 0.1) is 0 Å². The summed E-state index contributed by atoms with van der Waals surface area (Å²) in [5, 5.41) is 0. The molecule has 0 aliphatic rings. The van der Waals surface area contributed by atoms with Crippen molar-refractivity contribution in [2.24, 2.45) is 0 Å². The molecule has 0 saturated carbocycles. The van der Waals surface area contributed by atoms with E-state index in [0.29, 0.717) is 13.2 Å². The summed E-state index contributed by atoms with van der Waals surface area (Å²) < 4.78 is 12.2. The van der Waals surface area contributed by atoms with Crippen LogP contribution in [0.2, 0.25) is 0 Å². The Labute approximate surface area is 217 Å².